The van der Waals surface area contributed by atoms with E-state index in [1.54, 1.807) is 25.4 Å². The molecule has 0 N–H and O–H groups in total. The van der Waals surface area contributed by atoms with E-state index >= 15 is 0 Å². The zero-order valence-electron chi connectivity index (χ0n) is 15.3. The lowest BCUT2D eigenvalue weighted by molar-refractivity contribution is 0.0464. The van der Waals surface area contributed by atoms with Gasteiger partial charge in [0, 0.05) is 13.6 Å². The molecule has 138 valence electrons. The Labute approximate surface area is 152 Å². The maximum Gasteiger partial charge on any atom is 0.338 e. The molecule has 0 fully saturated rings. The van der Waals surface area contributed by atoms with Crippen molar-refractivity contribution < 1.29 is 18.3 Å². The summed E-state index contributed by atoms with van der Waals surface area (Å²) in [5.41, 5.74) is 2.32. The Morgan fingerprint density at radius 3 is 2.46 bits per heavy atom. The summed E-state index contributed by atoms with van der Waals surface area (Å²) in [6.45, 7) is 5.99. The number of aryl methyl sites for hydroxylation is 2. The van der Waals surface area contributed by atoms with E-state index in [4.69, 9.17) is 4.74 Å². The predicted molar refractivity (Wildman–Crippen MR) is 97.8 cm³/mol. The van der Waals surface area contributed by atoms with Crippen molar-refractivity contribution in [3.05, 3.63) is 64.2 Å². The van der Waals surface area contributed by atoms with E-state index in [1.807, 2.05) is 25.8 Å². The maximum atomic E-state index is 13.6. The number of rotatable bonds is 6. The van der Waals surface area contributed by atoms with Gasteiger partial charge in [0.15, 0.2) is 0 Å². The van der Waals surface area contributed by atoms with Crippen molar-refractivity contribution in [2.45, 2.75) is 27.4 Å². The number of halogens is 2. The average Bonchev–Trinajstić information content (AvgIpc) is 2.61. The van der Waals surface area contributed by atoms with E-state index in [0.29, 0.717) is 11.1 Å². The number of hydrogen-bond acceptors (Lipinski definition) is 3. The number of aliphatic imine (C=N–C) groups is 1. The van der Waals surface area contributed by atoms with Gasteiger partial charge >= 0.3 is 5.97 Å². The SMILES string of the molecule is CCN(C)/C=N/c1cc(C)c(C(=O)OCc2c(F)cccc2F)cc1C. The summed E-state index contributed by atoms with van der Waals surface area (Å²) >= 11 is 0. The van der Waals surface area contributed by atoms with Gasteiger partial charge in [-0.05, 0) is 56.2 Å². The van der Waals surface area contributed by atoms with Gasteiger partial charge in [-0.3, -0.25) is 0 Å². The van der Waals surface area contributed by atoms with Gasteiger partial charge in [0.1, 0.15) is 18.2 Å². The summed E-state index contributed by atoms with van der Waals surface area (Å²) in [5, 5.41) is 0. The summed E-state index contributed by atoms with van der Waals surface area (Å²) in [7, 11) is 1.92. The third kappa shape index (κ3) is 4.65. The fourth-order valence-corrected chi connectivity index (χ4v) is 2.29. The highest BCUT2D eigenvalue weighted by molar-refractivity contribution is 5.92. The van der Waals surface area contributed by atoms with Crippen molar-refractivity contribution in [2.24, 2.45) is 4.99 Å². The molecule has 0 amide bonds. The normalized spacial score (nSPS) is 11.0. The van der Waals surface area contributed by atoms with E-state index in [2.05, 4.69) is 4.99 Å². The van der Waals surface area contributed by atoms with Crippen LogP contribution in [-0.4, -0.2) is 30.8 Å². The highest BCUT2D eigenvalue weighted by Gasteiger charge is 2.16. The van der Waals surface area contributed by atoms with Gasteiger partial charge in [0.25, 0.3) is 0 Å². The third-order valence-electron chi connectivity index (χ3n) is 4.06. The molecule has 0 heterocycles. The van der Waals surface area contributed by atoms with Crippen LogP contribution in [0.2, 0.25) is 0 Å². The molecule has 0 aromatic heterocycles. The van der Waals surface area contributed by atoms with Gasteiger partial charge in [-0.15, -0.1) is 0 Å². The zero-order chi connectivity index (χ0) is 19.3. The number of benzene rings is 2. The Morgan fingerprint density at radius 2 is 1.85 bits per heavy atom. The molecule has 6 heteroatoms. The summed E-state index contributed by atoms with van der Waals surface area (Å²) in [4.78, 5) is 18.7. The molecule has 2 aromatic rings. The van der Waals surface area contributed by atoms with Crippen LogP contribution in [0, 0.1) is 25.5 Å². The molecule has 2 rings (SSSR count). The quantitative estimate of drug-likeness (QED) is 0.431. The Kier molecular flexibility index (Phi) is 6.44. The van der Waals surface area contributed by atoms with Crippen LogP contribution in [0.15, 0.2) is 35.3 Å². The smallest absolute Gasteiger partial charge is 0.338 e. The topological polar surface area (TPSA) is 41.9 Å². The lowest BCUT2D eigenvalue weighted by Crippen LogP contribution is -2.14. The molecule has 0 saturated heterocycles. The second-order valence-electron chi connectivity index (χ2n) is 6.05. The van der Waals surface area contributed by atoms with Crippen molar-refractivity contribution in [2.75, 3.05) is 13.6 Å². The monoisotopic (exact) mass is 360 g/mol. The largest absolute Gasteiger partial charge is 0.457 e. The minimum Gasteiger partial charge on any atom is -0.457 e. The average molecular weight is 360 g/mol. The fourth-order valence-electron chi connectivity index (χ4n) is 2.29. The second-order valence-corrected chi connectivity index (χ2v) is 6.05. The second kappa shape index (κ2) is 8.56. The first-order valence-corrected chi connectivity index (χ1v) is 8.29. The highest BCUT2D eigenvalue weighted by Crippen LogP contribution is 2.24. The molecular formula is C20H22F2N2O2. The van der Waals surface area contributed by atoms with Crippen LogP contribution in [0.3, 0.4) is 0 Å². The van der Waals surface area contributed by atoms with Crippen LogP contribution in [0.4, 0.5) is 14.5 Å². The third-order valence-corrected chi connectivity index (χ3v) is 4.06. The molecule has 0 unspecified atom stereocenters. The van der Waals surface area contributed by atoms with Crippen LogP contribution >= 0.6 is 0 Å². The molecule has 0 aliphatic carbocycles. The first-order chi connectivity index (χ1) is 12.3. The van der Waals surface area contributed by atoms with Crippen molar-refractivity contribution in [3.63, 3.8) is 0 Å². The van der Waals surface area contributed by atoms with Crippen LogP contribution in [0.25, 0.3) is 0 Å². The summed E-state index contributed by atoms with van der Waals surface area (Å²) in [5.74, 6) is -2.11. The van der Waals surface area contributed by atoms with Gasteiger partial charge in [-0.25, -0.2) is 18.6 Å². The van der Waals surface area contributed by atoms with Crippen LogP contribution in [-0.2, 0) is 11.3 Å². The molecule has 0 saturated carbocycles. The number of ether oxygens (including phenoxy) is 1. The van der Waals surface area contributed by atoms with E-state index in [9.17, 15) is 13.6 Å². The Morgan fingerprint density at radius 1 is 1.19 bits per heavy atom. The summed E-state index contributed by atoms with van der Waals surface area (Å²) in [6, 6.07) is 6.98. The van der Waals surface area contributed by atoms with Crippen LogP contribution in [0.1, 0.15) is 34.0 Å². The number of carbonyl (C=O) groups is 1. The molecule has 26 heavy (non-hydrogen) atoms. The van der Waals surface area contributed by atoms with E-state index < -0.39 is 24.2 Å². The minimum atomic E-state index is -0.740. The number of carbonyl (C=O) groups excluding carboxylic acids is 1. The highest BCUT2D eigenvalue weighted by atomic mass is 19.1. The lowest BCUT2D eigenvalue weighted by Gasteiger charge is -2.12. The van der Waals surface area contributed by atoms with Crippen LogP contribution < -0.4 is 0 Å². The maximum absolute atomic E-state index is 13.6. The lowest BCUT2D eigenvalue weighted by atomic mass is 10.0. The molecule has 0 aliphatic heterocycles. The molecule has 0 spiro atoms. The molecular weight excluding hydrogens is 338 g/mol. The molecule has 0 atom stereocenters. The number of esters is 1. The van der Waals surface area contributed by atoms with Gasteiger partial charge in [-0.1, -0.05) is 6.07 Å². The zero-order valence-corrected chi connectivity index (χ0v) is 15.3. The standard InChI is InChI=1S/C20H22F2N2O2/c1-5-24(4)12-23-19-10-13(2)15(9-14(19)3)20(25)26-11-16-17(21)7-6-8-18(16)22/h6-10,12H,5,11H2,1-4H3/b23-12+. The Hall–Kier alpha value is -2.76. The number of hydrogen-bond donors (Lipinski definition) is 0. The van der Waals surface area contributed by atoms with Gasteiger partial charge in [-0.2, -0.15) is 0 Å². The first-order valence-electron chi connectivity index (χ1n) is 8.29. The molecule has 0 radical (unpaired) electrons. The Balaban J connectivity index is 2.17. The molecule has 2 aromatic carbocycles. The van der Waals surface area contributed by atoms with Crippen molar-refractivity contribution in [1.82, 2.24) is 4.90 Å². The van der Waals surface area contributed by atoms with Crippen molar-refractivity contribution >= 4 is 18.0 Å². The van der Waals surface area contributed by atoms with Gasteiger partial charge in [0.2, 0.25) is 0 Å². The first kappa shape index (κ1) is 19.6. The summed E-state index contributed by atoms with van der Waals surface area (Å²) < 4.78 is 32.4. The Bertz CT molecular complexity index is 815. The van der Waals surface area contributed by atoms with E-state index in [1.165, 1.54) is 6.07 Å². The summed E-state index contributed by atoms with van der Waals surface area (Å²) in [6.07, 6.45) is 1.72. The van der Waals surface area contributed by atoms with Crippen molar-refractivity contribution in [3.8, 4) is 0 Å². The fraction of sp³-hybridized carbons (Fsp3) is 0.300. The van der Waals surface area contributed by atoms with Crippen molar-refractivity contribution in [1.29, 1.82) is 0 Å². The molecule has 0 bridgehead atoms. The van der Waals surface area contributed by atoms with Gasteiger partial charge < -0.3 is 9.64 Å². The number of nitrogens with zero attached hydrogens (tertiary/aromatic N) is 2. The predicted octanol–water partition coefficient (Wildman–Crippen LogP) is 4.55. The minimum absolute atomic E-state index is 0.265. The molecule has 0 aliphatic rings. The molecule has 4 nitrogen and oxygen atoms in total. The van der Waals surface area contributed by atoms with Crippen LogP contribution in [0.5, 0.6) is 0 Å². The van der Waals surface area contributed by atoms with Gasteiger partial charge in [0.05, 0.1) is 23.2 Å². The van der Waals surface area contributed by atoms with E-state index in [0.717, 1.165) is 29.9 Å². The van der Waals surface area contributed by atoms with E-state index in [-0.39, 0.29) is 5.56 Å².